The average Bonchev–Trinajstić information content (AvgIpc) is 3.26. The Morgan fingerprint density at radius 3 is 2.26 bits per heavy atom. The summed E-state index contributed by atoms with van der Waals surface area (Å²) < 4.78 is 12.1. The number of esters is 1. The number of nitrogens with zero attached hydrogens (tertiary/aromatic N) is 2. The molecule has 0 aliphatic heterocycles. The van der Waals surface area contributed by atoms with Crippen LogP contribution in [0.4, 0.5) is 0 Å². The van der Waals surface area contributed by atoms with Crippen molar-refractivity contribution in [2.75, 3.05) is 27.2 Å². The fourth-order valence-corrected chi connectivity index (χ4v) is 5.13. The van der Waals surface area contributed by atoms with E-state index in [1.807, 2.05) is 18.9 Å². The Balaban J connectivity index is 1.60. The summed E-state index contributed by atoms with van der Waals surface area (Å²) in [7, 11) is 3.44. The van der Waals surface area contributed by atoms with E-state index < -0.39 is 5.97 Å². The quantitative estimate of drug-likeness (QED) is 0.128. The van der Waals surface area contributed by atoms with E-state index in [1.165, 1.54) is 6.92 Å². The van der Waals surface area contributed by atoms with E-state index in [2.05, 4.69) is 12.2 Å². The summed E-state index contributed by atoms with van der Waals surface area (Å²) in [5.41, 5.74) is 2.47. The molecule has 0 bridgehead atoms. The maximum absolute atomic E-state index is 13.6. The molecule has 0 saturated carbocycles. The second-order valence-electron chi connectivity index (χ2n) is 10.9. The fraction of sp³-hybridized carbons (Fsp3) is 0.471. The maximum atomic E-state index is 13.6. The third-order valence-corrected chi connectivity index (χ3v) is 7.61. The summed E-state index contributed by atoms with van der Waals surface area (Å²) >= 11 is 0. The molecule has 3 aromatic rings. The molecule has 1 N–H and O–H groups in total. The molecule has 1 aromatic heterocycles. The number of methoxy groups -OCH3 is 1. The minimum absolute atomic E-state index is 0.0857. The first-order valence-electron chi connectivity index (χ1n) is 15.2. The van der Waals surface area contributed by atoms with Gasteiger partial charge in [0, 0.05) is 50.1 Å². The molecule has 0 atom stereocenters. The number of aromatic nitrogens is 1. The molecule has 0 saturated heterocycles. The maximum Gasteiger partial charge on any atom is 0.308 e. The number of hydrogen-bond acceptors (Lipinski definition) is 6. The van der Waals surface area contributed by atoms with Crippen molar-refractivity contribution in [1.29, 1.82) is 0 Å². The van der Waals surface area contributed by atoms with Crippen molar-refractivity contribution in [3.05, 3.63) is 59.3 Å². The Labute approximate surface area is 254 Å². The third-order valence-electron chi connectivity index (χ3n) is 7.61. The first-order valence-corrected chi connectivity index (χ1v) is 15.2. The third kappa shape index (κ3) is 9.43. The molecule has 0 radical (unpaired) electrons. The molecule has 2 aromatic carbocycles. The zero-order chi connectivity index (χ0) is 31.4. The van der Waals surface area contributed by atoms with Crippen LogP contribution < -0.4 is 14.8 Å². The molecule has 0 unspecified atom stereocenters. The second-order valence-corrected chi connectivity index (χ2v) is 10.9. The number of ether oxygens (including phenoxy) is 2. The lowest BCUT2D eigenvalue weighted by atomic mass is 10.1. The second kappa shape index (κ2) is 16.5. The molecule has 232 valence electrons. The number of hydrogen-bond donors (Lipinski definition) is 1. The van der Waals surface area contributed by atoms with Gasteiger partial charge in [0.2, 0.25) is 11.8 Å². The molecule has 2 amide bonds. The smallest absolute Gasteiger partial charge is 0.308 e. The first-order chi connectivity index (χ1) is 20.7. The van der Waals surface area contributed by atoms with Gasteiger partial charge in [-0.2, -0.15) is 0 Å². The van der Waals surface area contributed by atoms with E-state index in [4.69, 9.17) is 9.47 Å². The van der Waals surface area contributed by atoms with Gasteiger partial charge in [-0.1, -0.05) is 32.6 Å². The predicted molar refractivity (Wildman–Crippen MR) is 168 cm³/mol. The minimum Gasteiger partial charge on any atom is -0.497 e. The van der Waals surface area contributed by atoms with Gasteiger partial charge < -0.3 is 19.7 Å². The molecule has 43 heavy (non-hydrogen) atoms. The van der Waals surface area contributed by atoms with Crippen molar-refractivity contribution in [2.45, 2.75) is 78.6 Å². The minimum atomic E-state index is -0.449. The molecule has 9 nitrogen and oxygen atoms in total. The van der Waals surface area contributed by atoms with Gasteiger partial charge in [-0.05, 0) is 74.2 Å². The van der Waals surface area contributed by atoms with Crippen LogP contribution in [0, 0.1) is 6.92 Å². The number of amides is 2. The van der Waals surface area contributed by atoms with Crippen LogP contribution in [0.2, 0.25) is 0 Å². The largest absolute Gasteiger partial charge is 0.497 e. The molecular formula is C34H45N3O6. The number of carbonyl (C=O) groups excluding carboxylic acids is 4. The Morgan fingerprint density at radius 1 is 0.907 bits per heavy atom. The van der Waals surface area contributed by atoms with Gasteiger partial charge >= 0.3 is 5.97 Å². The Morgan fingerprint density at radius 2 is 1.58 bits per heavy atom. The molecule has 3 rings (SSSR count). The lowest BCUT2D eigenvalue weighted by molar-refractivity contribution is -0.132. The number of benzene rings is 2. The number of fused-ring (bicyclic) bond motifs is 1. The standard InChI is InChI=1S/C34H45N3O6/c1-6-7-21-36(4)33(40)13-11-9-8-10-12-20-35-32(39)23-29-24(2)37(34(41)26-14-16-27(42-5)17-15-26)31-19-18-28(22-30(29)31)43-25(3)38/h14-19,22H,6-13,20-21,23H2,1-5H3,(H,35,39). The van der Waals surface area contributed by atoms with E-state index in [0.29, 0.717) is 52.2 Å². The first kappa shape index (κ1) is 33.4. The molecular weight excluding hydrogens is 546 g/mol. The lowest BCUT2D eigenvalue weighted by Gasteiger charge is -2.16. The highest BCUT2D eigenvalue weighted by Crippen LogP contribution is 2.31. The molecule has 0 fully saturated rings. The zero-order valence-electron chi connectivity index (χ0n) is 26.2. The highest BCUT2D eigenvalue weighted by atomic mass is 16.5. The normalized spacial score (nSPS) is 10.9. The Bertz CT molecular complexity index is 1410. The van der Waals surface area contributed by atoms with Crippen LogP contribution in [-0.2, 0) is 20.8 Å². The van der Waals surface area contributed by atoms with E-state index in [9.17, 15) is 19.2 Å². The fourth-order valence-electron chi connectivity index (χ4n) is 5.13. The van der Waals surface area contributed by atoms with E-state index in [1.54, 1.807) is 54.1 Å². The van der Waals surface area contributed by atoms with Gasteiger partial charge in [0.1, 0.15) is 11.5 Å². The van der Waals surface area contributed by atoms with Gasteiger partial charge in [0.05, 0.1) is 19.0 Å². The van der Waals surface area contributed by atoms with Gasteiger partial charge in [0.25, 0.3) is 5.91 Å². The van der Waals surface area contributed by atoms with Crippen molar-refractivity contribution in [3.63, 3.8) is 0 Å². The SMILES string of the molecule is CCCCN(C)C(=O)CCCCCCCNC(=O)Cc1c(C)n(C(=O)c2ccc(OC)cc2)c2ccc(OC(C)=O)cc12. The summed E-state index contributed by atoms with van der Waals surface area (Å²) in [6, 6.07) is 12.0. The zero-order valence-corrected chi connectivity index (χ0v) is 26.2. The summed E-state index contributed by atoms with van der Waals surface area (Å²) in [6.07, 6.45) is 7.50. The van der Waals surface area contributed by atoms with Crippen molar-refractivity contribution < 1.29 is 28.7 Å². The molecule has 9 heteroatoms. The molecule has 1 heterocycles. The van der Waals surface area contributed by atoms with Crippen molar-refractivity contribution in [1.82, 2.24) is 14.8 Å². The van der Waals surface area contributed by atoms with Crippen molar-refractivity contribution >= 4 is 34.6 Å². The highest BCUT2D eigenvalue weighted by Gasteiger charge is 2.22. The van der Waals surface area contributed by atoms with Gasteiger partial charge in [-0.3, -0.25) is 23.7 Å². The number of carbonyl (C=O) groups is 4. The predicted octanol–water partition coefficient (Wildman–Crippen LogP) is 5.83. The monoisotopic (exact) mass is 591 g/mol. The lowest BCUT2D eigenvalue weighted by Crippen LogP contribution is -2.27. The highest BCUT2D eigenvalue weighted by molar-refractivity contribution is 6.05. The number of unbranched alkanes of at least 4 members (excludes halogenated alkanes) is 5. The van der Waals surface area contributed by atoms with Crippen LogP contribution in [-0.4, -0.2) is 60.4 Å². The Hall–Kier alpha value is -4.14. The Kier molecular flexibility index (Phi) is 12.8. The van der Waals surface area contributed by atoms with Crippen LogP contribution in [0.25, 0.3) is 10.9 Å². The van der Waals surface area contributed by atoms with Gasteiger partial charge in [-0.25, -0.2) is 0 Å². The van der Waals surface area contributed by atoms with E-state index in [-0.39, 0.29) is 24.1 Å². The number of rotatable bonds is 16. The van der Waals surface area contributed by atoms with Crippen LogP contribution in [0.15, 0.2) is 42.5 Å². The van der Waals surface area contributed by atoms with Crippen molar-refractivity contribution in [3.8, 4) is 11.5 Å². The molecule has 0 aliphatic carbocycles. The van der Waals surface area contributed by atoms with E-state index in [0.717, 1.165) is 51.5 Å². The summed E-state index contributed by atoms with van der Waals surface area (Å²) in [6.45, 7) is 6.65. The molecule has 0 spiro atoms. The summed E-state index contributed by atoms with van der Waals surface area (Å²) in [4.78, 5) is 52.1. The van der Waals surface area contributed by atoms with Crippen LogP contribution in [0.5, 0.6) is 11.5 Å². The van der Waals surface area contributed by atoms with Gasteiger partial charge in [-0.15, -0.1) is 0 Å². The molecule has 0 aliphatic rings. The number of nitrogens with one attached hydrogen (secondary N) is 1. The summed E-state index contributed by atoms with van der Waals surface area (Å²) in [5.74, 6) is 0.391. The topological polar surface area (TPSA) is 107 Å². The van der Waals surface area contributed by atoms with Crippen LogP contribution >= 0.6 is 0 Å². The average molecular weight is 592 g/mol. The summed E-state index contributed by atoms with van der Waals surface area (Å²) in [5, 5.41) is 3.69. The van der Waals surface area contributed by atoms with Crippen LogP contribution in [0.3, 0.4) is 0 Å². The van der Waals surface area contributed by atoms with E-state index >= 15 is 0 Å². The van der Waals surface area contributed by atoms with Crippen LogP contribution in [0.1, 0.15) is 86.8 Å². The van der Waals surface area contributed by atoms with Crippen molar-refractivity contribution in [2.24, 2.45) is 0 Å². The van der Waals surface area contributed by atoms with Gasteiger partial charge in [0.15, 0.2) is 0 Å².